The van der Waals surface area contributed by atoms with E-state index in [4.69, 9.17) is 9.88 Å². The van der Waals surface area contributed by atoms with E-state index in [2.05, 4.69) is 37.2 Å². The molecule has 0 fully saturated rings. The molecule has 5 nitrogen and oxygen atoms in total. The van der Waals surface area contributed by atoms with Crippen molar-refractivity contribution in [3.05, 3.63) is 92.4 Å². The van der Waals surface area contributed by atoms with E-state index < -0.39 is 10.0 Å². The number of hydrogen-bond acceptors (Lipinski definition) is 4. The Bertz CT molecular complexity index is 1070. The molecule has 30 heavy (non-hydrogen) atoms. The van der Waals surface area contributed by atoms with Crippen LogP contribution in [0.1, 0.15) is 16.7 Å². The summed E-state index contributed by atoms with van der Waals surface area (Å²) in [4.78, 5) is 0.128. The van der Waals surface area contributed by atoms with Gasteiger partial charge in [0.05, 0.1) is 13.8 Å². The van der Waals surface area contributed by atoms with Crippen LogP contribution in [-0.4, -0.2) is 15.0 Å². The van der Waals surface area contributed by atoms with Crippen molar-refractivity contribution in [2.45, 2.75) is 24.5 Å². The third kappa shape index (κ3) is 6.65. The Morgan fingerprint density at radius 1 is 0.867 bits per heavy atom. The quantitative estimate of drug-likeness (QED) is 0.374. The Hall–Kier alpha value is -1.71. The topological polar surface area (TPSA) is 81.4 Å². The highest BCUT2D eigenvalue weighted by Crippen LogP contribution is 2.35. The summed E-state index contributed by atoms with van der Waals surface area (Å²) >= 11 is 7.20. The summed E-state index contributed by atoms with van der Waals surface area (Å²) in [6.07, 6.45) is 0.783. The molecule has 0 radical (unpaired) electrons. The fourth-order valence-electron chi connectivity index (χ4n) is 2.89. The molecule has 0 amide bonds. The van der Waals surface area contributed by atoms with E-state index in [0.29, 0.717) is 13.2 Å². The zero-order valence-corrected chi connectivity index (χ0v) is 20.1. The fraction of sp³-hybridized carbons (Fsp3) is 0.182. The second kappa shape index (κ2) is 10.5. The highest BCUT2D eigenvalue weighted by Gasteiger charge is 2.10. The number of hydrogen-bond donors (Lipinski definition) is 2. The molecule has 3 rings (SSSR count). The van der Waals surface area contributed by atoms with Crippen molar-refractivity contribution >= 4 is 41.9 Å². The van der Waals surface area contributed by atoms with Crippen molar-refractivity contribution < 1.29 is 13.2 Å². The lowest BCUT2D eigenvalue weighted by Crippen LogP contribution is -2.17. The molecule has 0 aromatic heterocycles. The number of sulfonamides is 1. The molecule has 0 saturated carbocycles. The van der Waals surface area contributed by atoms with Crippen LogP contribution >= 0.6 is 31.9 Å². The van der Waals surface area contributed by atoms with Gasteiger partial charge in [-0.25, -0.2) is 13.6 Å². The molecule has 0 aliphatic carbocycles. The first kappa shape index (κ1) is 23.0. The zero-order chi connectivity index (χ0) is 21.6. The van der Waals surface area contributed by atoms with Crippen molar-refractivity contribution in [2.75, 3.05) is 6.54 Å². The molecule has 0 aliphatic rings. The standard InChI is InChI=1S/C22H22Br2N2O3S/c23-20-12-18(13-21(24)22(20)29-15-17-4-2-1-3-5-17)14-26-11-10-16-6-8-19(9-7-16)30(25,27)28/h1-9,12-13,26H,10-11,14-15H2,(H2,25,27,28). The van der Waals surface area contributed by atoms with Gasteiger partial charge < -0.3 is 10.1 Å². The summed E-state index contributed by atoms with van der Waals surface area (Å²) in [6, 6.07) is 20.7. The second-order valence-electron chi connectivity index (χ2n) is 6.78. The Balaban J connectivity index is 1.51. The molecular weight excluding hydrogens is 532 g/mol. The number of ether oxygens (including phenoxy) is 1. The highest BCUT2D eigenvalue weighted by atomic mass is 79.9. The molecule has 0 unspecified atom stereocenters. The van der Waals surface area contributed by atoms with Gasteiger partial charge in [0.1, 0.15) is 12.4 Å². The predicted molar refractivity (Wildman–Crippen MR) is 126 cm³/mol. The van der Waals surface area contributed by atoms with Gasteiger partial charge in [0.25, 0.3) is 0 Å². The first-order valence-corrected chi connectivity index (χ1v) is 12.4. The van der Waals surface area contributed by atoms with E-state index in [1.807, 2.05) is 42.5 Å². The second-order valence-corrected chi connectivity index (χ2v) is 10.0. The lowest BCUT2D eigenvalue weighted by atomic mass is 10.1. The minimum absolute atomic E-state index is 0.128. The van der Waals surface area contributed by atoms with Crippen LogP contribution in [0.3, 0.4) is 0 Å². The molecule has 3 aromatic carbocycles. The summed E-state index contributed by atoms with van der Waals surface area (Å²) in [6.45, 7) is 1.96. The minimum Gasteiger partial charge on any atom is -0.487 e. The number of primary sulfonamides is 1. The van der Waals surface area contributed by atoms with Crippen LogP contribution < -0.4 is 15.2 Å². The third-order valence-corrected chi connectivity index (χ3v) is 6.56. The van der Waals surface area contributed by atoms with E-state index >= 15 is 0 Å². The van der Waals surface area contributed by atoms with Crippen LogP contribution in [0.5, 0.6) is 5.75 Å². The molecule has 3 aromatic rings. The van der Waals surface area contributed by atoms with Gasteiger partial charge in [0.2, 0.25) is 10.0 Å². The molecule has 0 spiro atoms. The van der Waals surface area contributed by atoms with Gasteiger partial charge in [-0.3, -0.25) is 0 Å². The highest BCUT2D eigenvalue weighted by molar-refractivity contribution is 9.11. The van der Waals surface area contributed by atoms with Crippen molar-refractivity contribution in [2.24, 2.45) is 5.14 Å². The Morgan fingerprint density at radius 3 is 2.10 bits per heavy atom. The van der Waals surface area contributed by atoms with Crippen LogP contribution in [0.15, 0.2) is 80.6 Å². The number of benzene rings is 3. The number of rotatable bonds is 9. The van der Waals surface area contributed by atoms with Gasteiger partial charge in [-0.1, -0.05) is 42.5 Å². The average Bonchev–Trinajstić information content (AvgIpc) is 2.71. The summed E-state index contributed by atoms with van der Waals surface area (Å²) in [5, 5.41) is 8.52. The summed E-state index contributed by atoms with van der Waals surface area (Å²) in [5.74, 6) is 0.776. The molecule has 0 heterocycles. The summed E-state index contributed by atoms with van der Waals surface area (Å²) in [7, 11) is -3.65. The molecule has 0 atom stereocenters. The maximum absolute atomic E-state index is 11.3. The minimum atomic E-state index is -3.65. The van der Waals surface area contributed by atoms with Gasteiger partial charge in [-0.15, -0.1) is 0 Å². The normalized spacial score (nSPS) is 11.4. The van der Waals surface area contributed by atoms with Crippen molar-refractivity contribution in [1.29, 1.82) is 0 Å². The first-order valence-electron chi connectivity index (χ1n) is 9.30. The Kier molecular flexibility index (Phi) is 8.07. The van der Waals surface area contributed by atoms with Crippen LogP contribution in [0.2, 0.25) is 0 Å². The van der Waals surface area contributed by atoms with E-state index in [0.717, 1.165) is 44.4 Å². The van der Waals surface area contributed by atoms with Gasteiger partial charge >= 0.3 is 0 Å². The molecule has 8 heteroatoms. The first-order chi connectivity index (χ1) is 14.3. The van der Waals surface area contributed by atoms with Crippen LogP contribution in [0.4, 0.5) is 0 Å². The Morgan fingerprint density at radius 2 is 1.50 bits per heavy atom. The third-order valence-electron chi connectivity index (χ3n) is 4.46. The molecular formula is C22H22Br2N2O3S. The van der Waals surface area contributed by atoms with E-state index in [9.17, 15) is 8.42 Å². The van der Waals surface area contributed by atoms with E-state index in [1.54, 1.807) is 12.1 Å². The maximum Gasteiger partial charge on any atom is 0.238 e. The largest absolute Gasteiger partial charge is 0.487 e. The van der Waals surface area contributed by atoms with Gasteiger partial charge in [0.15, 0.2) is 0 Å². The van der Waals surface area contributed by atoms with Gasteiger partial charge in [-0.05, 0) is 85.8 Å². The zero-order valence-electron chi connectivity index (χ0n) is 16.1. The smallest absolute Gasteiger partial charge is 0.238 e. The summed E-state index contributed by atoms with van der Waals surface area (Å²) < 4.78 is 30.3. The molecule has 3 N–H and O–H groups in total. The summed E-state index contributed by atoms with van der Waals surface area (Å²) in [5.41, 5.74) is 3.27. The maximum atomic E-state index is 11.3. The van der Waals surface area contributed by atoms with Gasteiger partial charge in [-0.2, -0.15) is 0 Å². The van der Waals surface area contributed by atoms with Crippen molar-refractivity contribution in [1.82, 2.24) is 5.32 Å². The number of nitrogens with two attached hydrogens (primary N) is 1. The molecule has 0 bridgehead atoms. The van der Waals surface area contributed by atoms with Crippen LogP contribution in [-0.2, 0) is 29.6 Å². The number of halogens is 2. The fourth-order valence-corrected chi connectivity index (χ4v) is 4.92. The molecule has 158 valence electrons. The Labute approximate surface area is 194 Å². The van der Waals surface area contributed by atoms with Crippen molar-refractivity contribution in [3.63, 3.8) is 0 Å². The van der Waals surface area contributed by atoms with Crippen molar-refractivity contribution in [3.8, 4) is 5.75 Å². The monoisotopic (exact) mass is 552 g/mol. The molecule has 0 aliphatic heterocycles. The van der Waals surface area contributed by atoms with Gasteiger partial charge in [0, 0.05) is 6.54 Å². The molecule has 0 saturated heterocycles. The lowest BCUT2D eigenvalue weighted by Gasteiger charge is -2.13. The van der Waals surface area contributed by atoms with E-state index in [1.165, 1.54) is 12.1 Å². The lowest BCUT2D eigenvalue weighted by molar-refractivity contribution is 0.302. The number of nitrogens with one attached hydrogen (secondary N) is 1. The predicted octanol–water partition coefficient (Wildman–Crippen LogP) is 4.77. The SMILES string of the molecule is NS(=O)(=O)c1ccc(CCNCc2cc(Br)c(OCc3ccccc3)c(Br)c2)cc1. The van der Waals surface area contributed by atoms with Crippen LogP contribution in [0.25, 0.3) is 0 Å². The average molecular weight is 554 g/mol. The van der Waals surface area contributed by atoms with E-state index in [-0.39, 0.29) is 4.90 Å². The van der Waals surface area contributed by atoms with Crippen LogP contribution in [0, 0.1) is 0 Å².